The topological polar surface area (TPSA) is 55.4 Å². The largest absolute Gasteiger partial charge is 0.376 e. The van der Waals surface area contributed by atoms with E-state index in [9.17, 15) is 8.42 Å². The highest BCUT2D eigenvalue weighted by molar-refractivity contribution is 7.92. The van der Waals surface area contributed by atoms with Gasteiger partial charge in [-0.15, -0.1) is 0 Å². The van der Waals surface area contributed by atoms with E-state index in [2.05, 4.69) is 11.6 Å². The van der Waals surface area contributed by atoms with Crippen molar-refractivity contribution in [3.05, 3.63) is 84.4 Å². The zero-order valence-corrected chi connectivity index (χ0v) is 20.1. The Morgan fingerprint density at radius 2 is 1.48 bits per heavy atom. The molecular formula is C28H33NO3S. The molecule has 4 nitrogen and oxygen atoms in total. The second-order valence-corrected chi connectivity index (χ2v) is 10.8. The zero-order valence-electron chi connectivity index (χ0n) is 19.2. The lowest BCUT2D eigenvalue weighted by Gasteiger charge is -2.27. The van der Waals surface area contributed by atoms with E-state index in [1.807, 2.05) is 54.6 Å². The molecule has 0 saturated heterocycles. The van der Waals surface area contributed by atoms with Crippen molar-refractivity contribution >= 4 is 15.7 Å². The molecule has 1 atom stereocenters. The molecule has 3 aromatic rings. The number of hydrogen-bond acceptors (Lipinski definition) is 3. The van der Waals surface area contributed by atoms with Crippen LogP contribution in [-0.2, 0) is 21.4 Å². The van der Waals surface area contributed by atoms with E-state index in [4.69, 9.17) is 4.74 Å². The third-order valence-corrected chi connectivity index (χ3v) is 7.98. The SMILES string of the molecule is C[C@@H](COCc1ccc(NS(=O)(=O)c2ccc(-c3ccccc3)cc2)cc1)C1CCCCC1. The number of benzene rings is 3. The Kier molecular flexibility index (Phi) is 7.84. The van der Waals surface area contributed by atoms with Crippen molar-refractivity contribution in [3.63, 3.8) is 0 Å². The normalized spacial score (nSPS) is 15.8. The van der Waals surface area contributed by atoms with Crippen LogP contribution in [0.2, 0.25) is 0 Å². The fourth-order valence-corrected chi connectivity index (χ4v) is 5.60. The van der Waals surface area contributed by atoms with Crippen LogP contribution < -0.4 is 4.72 Å². The summed E-state index contributed by atoms with van der Waals surface area (Å²) in [7, 11) is -3.65. The van der Waals surface area contributed by atoms with Gasteiger partial charge >= 0.3 is 0 Å². The molecule has 0 bridgehead atoms. The molecule has 1 saturated carbocycles. The number of rotatable bonds is 9. The lowest BCUT2D eigenvalue weighted by atomic mass is 9.81. The van der Waals surface area contributed by atoms with Gasteiger partial charge in [0.05, 0.1) is 11.5 Å². The molecule has 3 aromatic carbocycles. The predicted molar refractivity (Wildman–Crippen MR) is 135 cm³/mol. The molecule has 5 heteroatoms. The van der Waals surface area contributed by atoms with Crippen LogP contribution in [0.15, 0.2) is 83.8 Å². The van der Waals surface area contributed by atoms with E-state index in [0.717, 1.165) is 29.2 Å². The summed E-state index contributed by atoms with van der Waals surface area (Å²) in [5.74, 6) is 1.38. The van der Waals surface area contributed by atoms with Gasteiger partial charge in [0, 0.05) is 12.3 Å². The van der Waals surface area contributed by atoms with Crippen LogP contribution in [0, 0.1) is 11.8 Å². The molecule has 0 aliphatic heterocycles. The monoisotopic (exact) mass is 463 g/mol. The maximum Gasteiger partial charge on any atom is 0.261 e. The van der Waals surface area contributed by atoms with Crippen molar-refractivity contribution < 1.29 is 13.2 Å². The van der Waals surface area contributed by atoms with Crippen molar-refractivity contribution in [3.8, 4) is 11.1 Å². The first-order valence-electron chi connectivity index (χ1n) is 11.9. The standard InChI is InChI=1S/C28H33NO3S/c1-22(24-8-4-2-5-9-24)20-32-21-23-12-16-27(17-13-23)29-33(30,31)28-18-14-26(15-19-28)25-10-6-3-7-11-25/h3,6-7,10-19,22,24,29H,2,4-5,8-9,20-21H2,1H3/t22-/m0/s1. The van der Waals surface area contributed by atoms with Crippen LogP contribution >= 0.6 is 0 Å². The van der Waals surface area contributed by atoms with Gasteiger partial charge in [-0.3, -0.25) is 4.72 Å². The number of anilines is 1. The van der Waals surface area contributed by atoms with E-state index >= 15 is 0 Å². The Morgan fingerprint density at radius 1 is 0.848 bits per heavy atom. The molecule has 0 unspecified atom stereocenters. The third kappa shape index (κ3) is 6.46. The Morgan fingerprint density at radius 3 is 2.15 bits per heavy atom. The van der Waals surface area contributed by atoms with Crippen LogP contribution in [-0.4, -0.2) is 15.0 Å². The first kappa shape index (κ1) is 23.5. The van der Waals surface area contributed by atoms with E-state index in [0.29, 0.717) is 18.2 Å². The number of nitrogens with one attached hydrogen (secondary N) is 1. The number of ether oxygens (including phenoxy) is 1. The molecule has 0 spiro atoms. The summed E-state index contributed by atoms with van der Waals surface area (Å²) in [4.78, 5) is 0.242. The molecule has 0 heterocycles. The summed E-state index contributed by atoms with van der Waals surface area (Å²) in [6, 6.07) is 24.3. The summed E-state index contributed by atoms with van der Waals surface area (Å²) >= 11 is 0. The average Bonchev–Trinajstić information content (AvgIpc) is 2.86. The summed E-state index contributed by atoms with van der Waals surface area (Å²) in [5, 5.41) is 0. The summed E-state index contributed by atoms with van der Waals surface area (Å²) in [6.45, 7) is 3.61. The van der Waals surface area contributed by atoms with Crippen molar-refractivity contribution in [2.24, 2.45) is 11.8 Å². The summed E-state index contributed by atoms with van der Waals surface area (Å²) in [6.07, 6.45) is 6.73. The van der Waals surface area contributed by atoms with Gasteiger partial charge in [0.25, 0.3) is 10.0 Å². The van der Waals surface area contributed by atoms with Crippen LogP contribution in [0.3, 0.4) is 0 Å². The molecule has 174 valence electrons. The van der Waals surface area contributed by atoms with Crippen molar-refractivity contribution in [2.45, 2.75) is 50.5 Å². The lowest BCUT2D eigenvalue weighted by Crippen LogP contribution is -2.19. The van der Waals surface area contributed by atoms with Gasteiger partial charge in [-0.1, -0.05) is 93.6 Å². The predicted octanol–water partition coefficient (Wildman–Crippen LogP) is 6.89. The van der Waals surface area contributed by atoms with Gasteiger partial charge in [0.15, 0.2) is 0 Å². The third-order valence-electron chi connectivity index (χ3n) is 6.58. The first-order chi connectivity index (χ1) is 16.0. The number of hydrogen-bond donors (Lipinski definition) is 1. The fraction of sp³-hybridized carbons (Fsp3) is 0.357. The van der Waals surface area contributed by atoms with Crippen molar-refractivity contribution in [1.29, 1.82) is 0 Å². The van der Waals surface area contributed by atoms with Crippen LogP contribution in [0.4, 0.5) is 5.69 Å². The highest BCUT2D eigenvalue weighted by Crippen LogP contribution is 2.30. The van der Waals surface area contributed by atoms with E-state index < -0.39 is 10.0 Å². The Bertz CT molecular complexity index is 1100. The highest BCUT2D eigenvalue weighted by atomic mass is 32.2. The van der Waals surface area contributed by atoms with Crippen molar-refractivity contribution in [1.82, 2.24) is 0 Å². The van der Waals surface area contributed by atoms with Crippen LogP contribution in [0.1, 0.15) is 44.6 Å². The van der Waals surface area contributed by atoms with Gasteiger partial charge in [0.2, 0.25) is 0 Å². The van der Waals surface area contributed by atoms with Gasteiger partial charge in [-0.05, 0) is 52.8 Å². The van der Waals surface area contributed by atoms with Gasteiger partial charge in [-0.25, -0.2) is 8.42 Å². The first-order valence-corrected chi connectivity index (χ1v) is 13.3. The molecule has 33 heavy (non-hydrogen) atoms. The highest BCUT2D eigenvalue weighted by Gasteiger charge is 2.20. The molecule has 0 radical (unpaired) electrons. The fourth-order valence-electron chi connectivity index (χ4n) is 4.54. The molecule has 1 aliphatic rings. The van der Waals surface area contributed by atoms with E-state index in [1.165, 1.54) is 32.1 Å². The smallest absolute Gasteiger partial charge is 0.261 e. The number of sulfonamides is 1. The van der Waals surface area contributed by atoms with E-state index in [-0.39, 0.29) is 4.90 Å². The molecular weight excluding hydrogens is 430 g/mol. The molecule has 1 fully saturated rings. The minimum absolute atomic E-state index is 0.242. The van der Waals surface area contributed by atoms with Crippen molar-refractivity contribution in [2.75, 3.05) is 11.3 Å². The molecule has 4 rings (SSSR count). The van der Waals surface area contributed by atoms with E-state index in [1.54, 1.807) is 24.3 Å². The summed E-state index contributed by atoms with van der Waals surface area (Å²) < 4.78 is 34.2. The zero-order chi connectivity index (χ0) is 23.1. The minimum Gasteiger partial charge on any atom is -0.376 e. The Hall–Kier alpha value is -2.63. The van der Waals surface area contributed by atoms with Gasteiger partial charge in [0.1, 0.15) is 0 Å². The lowest BCUT2D eigenvalue weighted by molar-refractivity contribution is 0.0639. The molecule has 1 aliphatic carbocycles. The van der Waals surface area contributed by atoms with Gasteiger partial charge in [-0.2, -0.15) is 0 Å². The molecule has 0 aromatic heterocycles. The van der Waals surface area contributed by atoms with Crippen LogP contribution in [0.25, 0.3) is 11.1 Å². The Balaban J connectivity index is 1.30. The van der Waals surface area contributed by atoms with Gasteiger partial charge < -0.3 is 4.74 Å². The molecule has 0 amide bonds. The second kappa shape index (κ2) is 11.0. The summed E-state index contributed by atoms with van der Waals surface area (Å²) in [5.41, 5.74) is 3.62. The maximum atomic E-state index is 12.8. The molecule has 1 N–H and O–H groups in total. The second-order valence-electron chi connectivity index (χ2n) is 9.08. The quantitative estimate of drug-likeness (QED) is 0.376. The Labute approximate surface area is 198 Å². The maximum absolute atomic E-state index is 12.8. The average molecular weight is 464 g/mol. The minimum atomic E-state index is -3.65. The van der Waals surface area contributed by atoms with Crippen LogP contribution in [0.5, 0.6) is 0 Å².